The molecule has 1 heterocycles. The standard InChI is InChI=1S/C18H23NO4/c1-5-22-18(20)14-8-15-17(16(9-14)23-11-21-4)13(10-19-15)7-6-12(2)3/h6,8-10,19H,5,7,11H2,1-4H3. The monoisotopic (exact) mass is 317 g/mol. The molecule has 2 rings (SSSR count). The number of rotatable bonds is 7. The summed E-state index contributed by atoms with van der Waals surface area (Å²) in [7, 11) is 1.56. The summed E-state index contributed by atoms with van der Waals surface area (Å²) < 4.78 is 15.7. The fourth-order valence-electron chi connectivity index (χ4n) is 2.34. The van der Waals surface area contributed by atoms with E-state index < -0.39 is 0 Å². The van der Waals surface area contributed by atoms with E-state index in [2.05, 4.69) is 24.9 Å². The predicted molar refractivity (Wildman–Crippen MR) is 89.9 cm³/mol. The van der Waals surface area contributed by atoms with Crippen LogP contribution in [0.25, 0.3) is 10.9 Å². The van der Waals surface area contributed by atoms with Crippen LogP contribution >= 0.6 is 0 Å². The molecule has 0 saturated heterocycles. The number of ether oxygens (including phenoxy) is 3. The molecule has 0 spiro atoms. The van der Waals surface area contributed by atoms with Crippen LogP contribution < -0.4 is 4.74 Å². The number of allylic oxidation sites excluding steroid dienone is 2. The molecular formula is C18H23NO4. The molecule has 0 aliphatic carbocycles. The Morgan fingerprint density at radius 2 is 2.09 bits per heavy atom. The number of fused-ring (bicyclic) bond motifs is 1. The van der Waals surface area contributed by atoms with Gasteiger partial charge in [0.2, 0.25) is 0 Å². The second kappa shape index (κ2) is 7.83. The summed E-state index contributed by atoms with van der Waals surface area (Å²) in [5, 5.41) is 0.965. The van der Waals surface area contributed by atoms with Crippen LogP contribution in [0.2, 0.25) is 0 Å². The third-order valence-electron chi connectivity index (χ3n) is 3.40. The van der Waals surface area contributed by atoms with Gasteiger partial charge < -0.3 is 19.2 Å². The minimum absolute atomic E-state index is 0.120. The first-order chi connectivity index (χ1) is 11.1. The largest absolute Gasteiger partial charge is 0.467 e. The van der Waals surface area contributed by atoms with Crippen molar-refractivity contribution in [1.29, 1.82) is 0 Å². The number of benzene rings is 1. The lowest BCUT2D eigenvalue weighted by molar-refractivity contribution is 0.0497. The average molecular weight is 317 g/mol. The summed E-state index contributed by atoms with van der Waals surface area (Å²) in [5.74, 6) is 0.253. The molecule has 5 nitrogen and oxygen atoms in total. The lowest BCUT2D eigenvalue weighted by Crippen LogP contribution is -2.06. The minimum atomic E-state index is -0.364. The first-order valence-corrected chi connectivity index (χ1v) is 7.63. The summed E-state index contributed by atoms with van der Waals surface area (Å²) in [6.45, 7) is 6.37. The van der Waals surface area contributed by atoms with Crippen molar-refractivity contribution >= 4 is 16.9 Å². The van der Waals surface area contributed by atoms with Crippen molar-refractivity contribution in [3.8, 4) is 5.75 Å². The van der Waals surface area contributed by atoms with Crippen LogP contribution in [0.4, 0.5) is 0 Å². The van der Waals surface area contributed by atoms with E-state index in [1.165, 1.54) is 5.57 Å². The van der Waals surface area contributed by atoms with Gasteiger partial charge in [0.1, 0.15) is 5.75 Å². The first kappa shape index (κ1) is 17.1. The Morgan fingerprint density at radius 1 is 1.30 bits per heavy atom. The third-order valence-corrected chi connectivity index (χ3v) is 3.40. The van der Waals surface area contributed by atoms with Gasteiger partial charge in [0.15, 0.2) is 6.79 Å². The summed E-state index contributed by atoms with van der Waals surface area (Å²) >= 11 is 0. The number of methoxy groups -OCH3 is 1. The number of carbonyl (C=O) groups is 1. The van der Waals surface area contributed by atoms with E-state index in [0.717, 1.165) is 22.9 Å². The molecule has 1 aromatic carbocycles. The normalized spacial score (nSPS) is 10.6. The van der Waals surface area contributed by atoms with Gasteiger partial charge >= 0.3 is 5.97 Å². The topological polar surface area (TPSA) is 60.6 Å². The van der Waals surface area contributed by atoms with Crippen molar-refractivity contribution in [2.75, 3.05) is 20.5 Å². The van der Waals surface area contributed by atoms with Gasteiger partial charge in [0, 0.05) is 18.7 Å². The summed E-state index contributed by atoms with van der Waals surface area (Å²) in [6.07, 6.45) is 4.89. The van der Waals surface area contributed by atoms with Gasteiger partial charge in [-0.2, -0.15) is 0 Å². The molecule has 0 fully saturated rings. The molecule has 0 atom stereocenters. The van der Waals surface area contributed by atoms with Crippen LogP contribution in [-0.2, 0) is 15.9 Å². The number of H-pyrrole nitrogens is 1. The Labute approximate surface area is 136 Å². The summed E-state index contributed by atoms with van der Waals surface area (Å²) in [4.78, 5) is 15.2. The summed E-state index contributed by atoms with van der Waals surface area (Å²) in [5.41, 5.74) is 3.67. The maximum Gasteiger partial charge on any atom is 0.338 e. The van der Waals surface area contributed by atoms with Crippen LogP contribution in [0.15, 0.2) is 30.0 Å². The number of aromatic nitrogens is 1. The molecule has 0 saturated carbocycles. The van der Waals surface area contributed by atoms with Gasteiger partial charge in [-0.3, -0.25) is 0 Å². The molecule has 0 radical (unpaired) electrons. The van der Waals surface area contributed by atoms with E-state index in [4.69, 9.17) is 14.2 Å². The van der Waals surface area contributed by atoms with Crippen molar-refractivity contribution in [3.63, 3.8) is 0 Å². The van der Waals surface area contributed by atoms with E-state index in [-0.39, 0.29) is 12.8 Å². The number of carbonyl (C=O) groups excluding carboxylic acids is 1. The molecule has 23 heavy (non-hydrogen) atoms. The van der Waals surface area contributed by atoms with Gasteiger partial charge in [-0.15, -0.1) is 0 Å². The maximum atomic E-state index is 12.0. The molecule has 0 aliphatic rings. The number of hydrogen-bond acceptors (Lipinski definition) is 4. The molecule has 5 heteroatoms. The van der Waals surface area contributed by atoms with Crippen molar-refractivity contribution in [1.82, 2.24) is 4.98 Å². The highest BCUT2D eigenvalue weighted by Crippen LogP contribution is 2.31. The Morgan fingerprint density at radius 3 is 2.74 bits per heavy atom. The number of hydrogen-bond donors (Lipinski definition) is 1. The molecule has 1 aromatic heterocycles. The number of esters is 1. The highest BCUT2D eigenvalue weighted by molar-refractivity contribution is 5.98. The lowest BCUT2D eigenvalue weighted by atomic mass is 10.1. The van der Waals surface area contributed by atoms with Crippen LogP contribution in [0, 0.1) is 0 Å². The molecule has 124 valence electrons. The van der Waals surface area contributed by atoms with E-state index in [0.29, 0.717) is 17.9 Å². The smallest absolute Gasteiger partial charge is 0.338 e. The van der Waals surface area contributed by atoms with E-state index in [9.17, 15) is 4.79 Å². The maximum absolute atomic E-state index is 12.0. The van der Waals surface area contributed by atoms with Crippen LogP contribution in [0.1, 0.15) is 36.7 Å². The molecule has 0 aliphatic heterocycles. The predicted octanol–water partition coefficient (Wildman–Crippen LogP) is 3.84. The molecular weight excluding hydrogens is 294 g/mol. The Bertz CT molecular complexity index is 711. The second-order valence-electron chi connectivity index (χ2n) is 5.47. The Balaban J connectivity index is 2.49. The van der Waals surface area contributed by atoms with Gasteiger partial charge in [0.25, 0.3) is 0 Å². The SMILES string of the molecule is CCOC(=O)c1cc(OCOC)c2c(CC=C(C)C)c[nH]c2c1. The zero-order valence-electron chi connectivity index (χ0n) is 14.1. The Hall–Kier alpha value is -2.27. The third kappa shape index (κ3) is 4.13. The zero-order valence-corrected chi connectivity index (χ0v) is 14.1. The summed E-state index contributed by atoms with van der Waals surface area (Å²) in [6, 6.07) is 3.50. The lowest BCUT2D eigenvalue weighted by Gasteiger charge is -2.10. The second-order valence-corrected chi connectivity index (χ2v) is 5.47. The molecule has 0 unspecified atom stereocenters. The van der Waals surface area contributed by atoms with Crippen LogP contribution in [0.5, 0.6) is 5.75 Å². The number of nitrogens with one attached hydrogen (secondary N) is 1. The highest BCUT2D eigenvalue weighted by atomic mass is 16.7. The van der Waals surface area contributed by atoms with Crippen LogP contribution in [0.3, 0.4) is 0 Å². The number of aromatic amines is 1. The van der Waals surface area contributed by atoms with E-state index in [1.54, 1.807) is 26.2 Å². The molecule has 0 amide bonds. The molecule has 0 bridgehead atoms. The highest BCUT2D eigenvalue weighted by Gasteiger charge is 2.15. The van der Waals surface area contributed by atoms with Crippen molar-refractivity contribution in [3.05, 3.63) is 41.1 Å². The quantitative estimate of drug-likeness (QED) is 0.479. The minimum Gasteiger partial charge on any atom is -0.467 e. The van der Waals surface area contributed by atoms with E-state index >= 15 is 0 Å². The van der Waals surface area contributed by atoms with Crippen molar-refractivity contribution in [2.45, 2.75) is 27.2 Å². The van der Waals surface area contributed by atoms with Gasteiger partial charge in [-0.05, 0) is 44.9 Å². The van der Waals surface area contributed by atoms with Crippen molar-refractivity contribution < 1.29 is 19.0 Å². The van der Waals surface area contributed by atoms with Crippen molar-refractivity contribution in [2.24, 2.45) is 0 Å². The molecule has 2 aromatic rings. The van der Waals surface area contributed by atoms with Gasteiger partial charge in [0.05, 0.1) is 17.7 Å². The van der Waals surface area contributed by atoms with E-state index in [1.807, 2.05) is 6.20 Å². The molecule has 1 N–H and O–H groups in total. The van der Waals surface area contributed by atoms with Gasteiger partial charge in [-0.25, -0.2) is 4.79 Å². The Kier molecular flexibility index (Phi) is 5.82. The average Bonchev–Trinajstić information content (AvgIpc) is 2.94. The van der Waals surface area contributed by atoms with Crippen LogP contribution in [-0.4, -0.2) is 31.5 Å². The van der Waals surface area contributed by atoms with Gasteiger partial charge in [-0.1, -0.05) is 11.6 Å². The fraction of sp³-hybridized carbons (Fsp3) is 0.389. The zero-order chi connectivity index (χ0) is 16.8. The first-order valence-electron chi connectivity index (χ1n) is 7.63. The fourth-order valence-corrected chi connectivity index (χ4v) is 2.34.